The fourth-order valence-electron chi connectivity index (χ4n) is 3.21. The predicted molar refractivity (Wildman–Crippen MR) is 108 cm³/mol. The second-order valence-electron chi connectivity index (χ2n) is 6.92. The monoisotopic (exact) mass is 401 g/mol. The van der Waals surface area contributed by atoms with Gasteiger partial charge in [0, 0.05) is 24.3 Å². The van der Waals surface area contributed by atoms with Gasteiger partial charge in [-0.3, -0.25) is 9.59 Å². The molecule has 2 amide bonds. The minimum atomic E-state index is -3.60. The van der Waals surface area contributed by atoms with Gasteiger partial charge < -0.3 is 10.2 Å². The first-order valence-corrected chi connectivity index (χ1v) is 10.8. The maximum Gasteiger partial charge on any atom is 0.229 e. The van der Waals surface area contributed by atoms with Gasteiger partial charge in [0.2, 0.25) is 21.8 Å². The highest BCUT2D eigenvalue weighted by atomic mass is 32.2. The zero-order valence-electron chi connectivity index (χ0n) is 15.6. The number of carbonyl (C=O) groups excluding carboxylic acids is 2. The first kappa shape index (κ1) is 20.0. The minimum Gasteiger partial charge on any atom is -0.326 e. The lowest BCUT2D eigenvalue weighted by atomic mass is 10.1. The molecule has 2 aromatic rings. The number of rotatable bonds is 6. The summed E-state index contributed by atoms with van der Waals surface area (Å²) in [5, 5.41) is 7.81. The van der Waals surface area contributed by atoms with E-state index in [0.29, 0.717) is 17.8 Å². The van der Waals surface area contributed by atoms with Gasteiger partial charge in [-0.05, 0) is 41.8 Å². The van der Waals surface area contributed by atoms with Crippen molar-refractivity contribution in [3.63, 3.8) is 0 Å². The molecule has 7 nitrogen and oxygen atoms in total. The van der Waals surface area contributed by atoms with Crippen molar-refractivity contribution in [1.82, 2.24) is 0 Å². The molecule has 1 heterocycles. The summed E-state index contributed by atoms with van der Waals surface area (Å²) in [5.74, 6) is -1.01. The number of hydrogen-bond acceptors (Lipinski definition) is 4. The molecule has 28 heavy (non-hydrogen) atoms. The molecule has 3 rings (SSSR count). The summed E-state index contributed by atoms with van der Waals surface area (Å²) in [6, 6.07) is 14.2. The van der Waals surface area contributed by atoms with E-state index in [2.05, 4.69) is 12.2 Å². The fourth-order valence-corrected chi connectivity index (χ4v) is 3.86. The molecule has 0 saturated carbocycles. The molecule has 2 aromatic carbocycles. The number of sulfonamides is 1. The largest absolute Gasteiger partial charge is 0.326 e. The van der Waals surface area contributed by atoms with E-state index < -0.39 is 15.9 Å². The van der Waals surface area contributed by atoms with Crippen molar-refractivity contribution >= 4 is 33.2 Å². The molecule has 0 radical (unpaired) electrons. The quantitative estimate of drug-likeness (QED) is 0.772. The smallest absolute Gasteiger partial charge is 0.229 e. The molecule has 3 N–H and O–H groups in total. The van der Waals surface area contributed by atoms with Crippen LogP contribution in [0.15, 0.2) is 48.5 Å². The van der Waals surface area contributed by atoms with E-state index >= 15 is 0 Å². The highest BCUT2D eigenvalue weighted by molar-refractivity contribution is 7.88. The van der Waals surface area contributed by atoms with Crippen molar-refractivity contribution in [3.8, 4) is 0 Å². The van der Waals surface area contributed by atoms with Crippen LogP contribution in [-0.2, 0) is 31.8 Å². The Kier molecular flexibility index (Phi) is 5.81. The molecule has 8 heteroatoms. The van der Waals surface area contributed by atoms with E-state index in [9.17, 15) is 18.0 Å². The lowest BCUT2D eigenvalue weighted by molar-refractivity contribution is -0.122. The number of benzene rings is 2. The molecule has 148 valence electrons. The second kappa shape index (κ2) is 8.12. The van der Waals surface area contributed by atoms with Crippen LogP contribution in [-0.4, -0.2) is 26.8 Å². The summed E-state index contributed by atoms with van der Waals surface area (Å²) in [6.07, 6.45) is 1.08. The molecule has 1 aliphatic heterocycles. The number of nitrogens with one attached hydrogen (secondary N) is 1. The molecule has 1 saturated heterocycles. The Morgan fingerprint density at radius 3 is 2.29 bits per heavy atom. The Balaban J connectivity index is 1.62. The summed E-state index contributed by atoms with van der Waals surface area (Å²) in [7, 11) is -3.60. The van der Waals surface area contributed by atoms with Crippen LogP contribution in [0, 0.1) is 5.92 Å². The molecule has 1 atom stereocenters. The van der Waals surface area contributed by atoms with Gasteiger partial charge in [-0.2, -0.15) is 0 Å². The predicted octanol–water partition coefficient (Wildman–Crippen LogP) is 2.03. The lowest BCUT2D eigenvalue weighted by Crippen LogP contribution is -2.28. The van der Waals surface area contributed by atoms with E-state index in [4.69, 9.17) is 5.14 Å². The van der Waals surface area contributed by atoms with Gasteiger partial charge in [0.15, 0.2) is 0 Å². The fraction of sp³-hybridized carbons (Fsp3) is 0.300. The number of nitrogens with zero attached hydrogens (tertiary/aromatic N) is 1. The highest BCUT2D eigenvalue weighted by Gasteiger charge is 2.35. The third kappa shape index (κ3) is 4.96. The van der Waals surface area contributed by atoms with Crippen molar-refractivity contribution < 1.29 is 18.0 Å². The average molecular weight is 401 g/mol. The van der Waals surface area contributed by atoms with Crippen LogP contribution in [0.2, 0.25) is 0 Å². The first-order valence-electron chi connectivity index (χ1n) is 9.05. The summed E-state index contributed by atoms with van der Waals surface area (Å²) in [4.78, 5) is 26.5. The summed E-state index contributed by atoms with van der Waals surface area (Å²) in [5.41, 5.74) is 3.07. The van der Waals surface area contributed by atoms with Gasteiger partial charge in [-0.1, -0.05) is 31.2 Å². The average Bonchev–Trinajstić information content (AvgIpc) is 3.04. The van der Waals surface area contributed by atoms with Gasteiger partial charge >= 0.3 is 0 Å². The van der Waals surface area contributed by atoms with E-state index in [-0.39, 0.29) is 24.0 Å². The molecular formula is C20H23N3O4S. The van der Waals surface area contributed by atoms with Crippen molar-refractivity contribution in [2.24, 2.45) is 11.1 Å². The Bertz CT molecular complexity index is 970. The van der Waals surface area contributed by atoms with Crippen molar-refractivity contribution in [1.29, 1.82) is 0 Å². The molecule has 0 aliphatic carbocycles. The van der Waals surface area contributed by atoms with Gasteiger partial charge in [-0.15, -0.1) is 0 Å². The topological polar surface area (TPSA) is 110 Å². The van der Waals surface area contributed by atoms with Crippen LogP contribution in [0.3, 0.4) is 0 Å². The number of primary sulfonamides is 1. The third-order valence-corrected chi connectivity index (χ3v) is 5.48. The number of hydrogen-bond donors (Lipinski definition) is 2. The minimum absolute atomic E-state index is 0.0760. The maximum atomic E-state index is 12.5. The molecule has 1 unspecified atom stereocenters. The molecule has 0 aromatic heterocycles. The van der Waals surface area contributed by atoms with Crippen LogP contribution in [0.4, 0.5) is 11.4 Å². The Labute approximate surface area is 164 Å². The Morgan fingerprint density at radius 2 is 1.71 bits per heavy atom. The van der Waals surface area contributed by atoms with Crippen LogP contribution < -0.4 is 15.4 Å². The number of amides is 2. The molecule has 1 fully saturated rings. The molecule has 1 aliphatic rings. The van der Waals surface area contributed by atoms with E-state index in [1.807, 2.05) is 24.3 Å². The highest BCUT2D eigenvalue weighted by Crippen LogP contribution is 2.26. The Hall–Kier alpha value is -2.71. The van der Waals surface area contributed by atoms with Crippen LogP contribution in [0.25, 0.3) is 0 Å². The van der Waals surface area contributed by atoms with E-state index in [1.165, 1.54) is 5.56 Å². The van der Waals surface area contributed by atoms with Crippen LogP contribution in [0.5, 0.6) is 0 Å². The molecule has 0 spiro atoms. The summed E-state index contributed by atoms with van der Waals surface area (Å²) < 4.78 is 22.2. The van der Waals surface area contributed by atoms with Crippen LogP contribution in [0.1, 0.15) is 24.5 Å². The maximum absolute atomic E-state index is 12.5. The summed E-state index contributed by atoms with van der Waals surface area (Å²) in [6.45, 7) is 2.40. The summed E-state index contributed by atoms with van der Waals surface area (Å²) >= 11 is 0. The number of anilines is 2. The third-order valence-electron chi connectivity index (χ3n) is 4.74. The number of nitrogens with two attached hydrogens (primary N) is 1. The first-order chi connectivity index (χ1) is 13.2. The van der Waals surface area contributed by atoms with Gasteiger partial charge in [-0.25, -0.2) is 13.6 Å². The van der Waals surface area contributed by atoms with Crippen molar-refractivity contribution in [3.05, 3.63) is 59.7 Å². The second-order valence-corrected chi connectivity index (χ2v) is 8.53. The van der Waals surface area contributed by atoms with E-state index in [0.717, 1.165) is 12.1 Å². The lowest BCUT2D eigenvalue weighted by Gasteiger charge is -2.17. The molecular weight excluding hydrogens is 378 g/mol. The number of carbonyl (C=O) groups is 2. The zero-order valence-corrected chi connectivity index (χ0v) is 16.4. The van der Waals surface area contributed by atoms with Crippen molar-refractivity contribution in [2.75, 3.05) is 16.8 Å². The number of aryl methyl sites for hydroxylation is 1. The van der Waals surface area contributed by atoms with Gasteiger partial charge in [0.25, 0.3) is 0 Å². The van der Waals surface area contributed by atoms with Crippen LogP contribution >= 0.6 is 0 Å². The van der Waals surface area contributed by atoms with Gasteiger partial charge in [0.05, 0.1) is 11.7 Å². The standard InChI is InChI=1S/C20H23N3O4S/c1-2-14-5-9-18(10-6-14)23-12-16(11-19(23)24)20(25)22-17-7-3-15(4-8-17)13-28(21,26)27/h3-10,16H,2,11-13H2,1H3,(H,22,25)(H2,21,26,27). The van der Waals surface area contributed by atoms with Gasteiger partial charge in [0.1, 0.15) is 0 Å². The Morgan fingerprint density at radius 1 is 1.11 bits per heavy atom. The normalized spacial score (nSPS) is 17.0. The van der Waals surface area contributed by atoms with E-state index in [1.54, 1.807) is 29.2 Å². The SMILES string of the molecule is CCc1ccc(N2CC(C(=O)Nc3ccc(CS(N)(=O)=O)cc3)CC2=O)cc1. The zero-order chi connectivity index (χ0) is 20.3. The van der Waals surface area contributed by atoms with Crippen molar-refractivity contribution in [2.45, 2.75) is 25.5 Å². The molecule has 0 bridgehead atoms.